The van der Waals surface area contributed by atoms with Crippen LogP contribution in [0.25, 0.3) is 11.1 Å². The number of carbonyl (C=O) groups excluding carboxylic acids is 1. The molecule has 2 rings (SSSR count). The molecule has 0 bridgehead atoms. The van der Waals surface area contributed by atoms with E-state index in [0.717, 1.165) is 12.1 Å². The van der Waals surface area contributed by atoms with E-state index in [9.17, 15) is 18.0 Å². The molecule has 2 aromatic rings. The Labute approximate surface area is 150 Å². The molecular weight excluding hydrogens is 347 g/mol. The Kier molecular flexibility index (Phi) is 5.79. The molecule has 0 aromatic heterocycles. The first-order valence-corrected chi connectivity index (χ1v) is 7.92. The van der Waals surface area contributed by atoms with Gasteiger partial charge in [-0.1, -0.05) is 0 Å². The summed E-state index contributed by atoms with van der Waals surface area (Å²) in [6.45, 7) is 2.22. The van der Waals surface area contributed by atoms with Crippen LogP contribution in [0.2, 0.25) is 0 Å². The van der Waals surface area contributed by atoms with Gasteiger partial charge in [-0.15, -0.1) is 0 Å². The molecule has 7 heteroatoms. The number of ether oxygens (including phenoxy) is 2. The zero-order valence-electron chi connectivity index (χ0n) is 15.0. The number of alkyl halides is 3. The molecule has 0 fully saturated rings. The Morgan fingerprint density at radius 1 is 1.04 bits per heavy atom. The van der Waals surface area contributed by atoms with Crippen LogP contribution >= 0.6 is 0 Å². The van der Waals surface area contributed by atoms with E-state index in [1.165, 1.54) is 25.2 Å². The lowest BCUT2D eigenvalue weighted by Gasteiger charge is -2.20. The molecule has 26 heavy (non-hydrogen) atoms. The van der Waals surface area contributed by atoms with Gasteiger partial charge in [-0.2, -0.15) is 13.2 Å². The summed E-state index contributed by atoms with van der Waals surface area (Å²) in [7, 11) is 4.48. The fourth-order valence-electron chi connectivity index (χ4n) is 2.50. The molecule has 0 N–H and O–H groups in total. The van der Waals surface area contributed by atoms with Crippen molar-refractivity contribution in [3.05, 3.63) is 47.5 Å². The van der Waals surface area contributed by atoms with Gasteiger partial charge < -0.3 is 14.4 Å². The van der Waals surface area contributed by atoms with E-state index in [1.54, 1.807) is 32.2 Å². The van der Waals surface area contributed by atoms with E-state index >= 15 is 0 Å². The summed E-state index contributed by atoms with van der Waals surface area (Å²) in [6, 6.07) is 7.84. The Bertz CT molecular complexity index is 803. The van der Waals surface area contributed by atoms with Crippen molar-refractivity contribution in [2.45, 2.75) is 13.1 Å². The summed E-state index contributed by atoms with van der Waals surface area (Å²) >= 11 is 0. The maximum Gasteiger partial charge on any atom is 0.416 e. The fourth-order valence-corrected chi connectivity index (χ4v) is 2.50. The van der Waals surface area contributed by atoms with E-state index in [0.29, 0.717) is 23.6 Å². The minimum Gasteiger partial charge on any atom is -0.497 e. The summed E-state index contributed by atoms with van der Waals surface area (Å²) < 4.78 is 50.0. The van der Waals surface area contributed by atoms with E-state index in [4.69, 9.17) is 9.47 Å². The van der Waals surface area contributed by atoms with Crippen molar-refractivity contribution < 1.29 is 27.4 Å². The van der Waals surface area contributed by atoms with Gasteiger partial charge in [0, 0.05) is 30.8 Å². The second-order valence-corrected chi connectivity index (χ2v) is 5.64. The smallest absolute Gasteiger partial charge is 0.416 e. The van der Waals surface area contributed by atoms with Crippen LogP contribution in [0.3, 0.4) is 0 Å². The van der Waals surface area contributed by atoms with Crippen molar-refractivity contribution in [1.29, 1.82) is 0 Å². The number of methoxy groups -OCH3 is 2. The molecule has 140 valence electrons. The minimum absolute atomic E-state index is 0.157. The molecule has 4 nitrogen and oxygen atoms in total. The summed E-state index contributed by atoms with van der Waals surface area (Å²) in [5.41, 5.74) is -0.122. The Morgan fingerprint density at radius 2 is 1.73 bits per heavy atom. The quantitative estimate of drug-likeness (QED) is 0.782. The standard InChI is InChI=1S/C19H20F3NO3/c1-5-23(2)18(24)15-8-6-12(19(20,21)22)10-16(15)14-9-7-13(25-3)11-17(14)26-4/h6-11H,5H2,1-4H3. The van der Waals surface area contributed by atoms with Crippen LogP contribution in [0.5, 0.6) is 11.5 Å². The monoisotopic (exact) mass is 367 g/mol. The number of hydrogen-bond acceptors (Lipinski definition) is 3. The normalized spacial score (nSPS) is 11.2. The first-order valence-electron chi connectivity index (χ1n) is 7.92. The summed E-state index contributed by atoms with van der Waals surface area (Å²) in [4.78, 5) is 14.1. The van der Waals surface area contributed by atoms with Gasteiger partial charge in [0.25, 0.3) is 5.91 Å². The second kappa shape index (κ2) is 7.68. The lowest BCUT2D eigenvalue weighted by molar-refractivity contribution is -0.137. The number of nitrogens with zero attached hydrogens (tertiary/aromatic N) is 1. The van der Waals surface area contributed by atoms with Crippen molar-refractivity contribution >= 4 is 5.91 Å². The SMILES string of the molecule is CCN(C)C(=O)c1ccc(C(F)(F)F)cc1-c1ccc(OC)cc1OC. The highest BCUT2D eigenvalue weighted by molar-refractivity contribution is 6.01. The third-order valence-corrected chi connectivity index (χ3v) is 4.10. The van der Waals surface area contributed by atoms with Crippen LogP contribution < -0.4 is 9.47 Å². The van der Waals surface area contributed by atoms with Crippen molar-refractivity contribution in [1.82, 2.24) is 4.90 Å². The Balaban J connectivity index is 2.73. The summed E-state index contributed by atoms with van der Waals surface area (Å²) in [5.74, 6) is 0.446. The van der Waals surface area contributed by atoms with Crippen molar-refractivity contribution in [2.24, 2.45) is 0 Å². The number of halogens is 3. The molecule has 0 radical (unpaired) electrons. The molecule has 0 aliphatic carbocycles. The lowest BCUT2D eigenvalue weighted by atomic mass is 9.95. The highest BCUT2D eigenvalue weighted by Crippen LogP contribution is 2.39. The molecule has 1 amide bonds. The predicted molar refractivity (Wildman–Crippen MR) is 92.6 cm³/mol. The van der Waals surface area contributed by atoms with Crippen LogP contribution in [0.15, 0.2) is 36.4 Å². The first kappa shape index (κ1) is 19.6. The molecule has 0 saturated heterocycles. The van der Waals surface area contributed by atoms with Crippen LogP contribution in [0.4, 0.5) is 13.2 Å². The molecule has 0 atom stereocenters. The Morgan fingerprint density at radius 3 is 2.27 bits per heavy atom. The van der Waals surface area contributed by atoms with Crippen LogP contribution in [-0.4, -0.2) is 38.6 Å². The largest absolute Gasteiger partial charge is 0.497 e. The number of amides is 1. The number of benzene rings is 2. The van der Waals surface area contributed by atoms with Gasteiger partial charge in [-0.25, -0.2) is 0 Å². The predicted octanol–water partition coefficient (Wildman–Crippen LogP) is 4.48. The van der Waals surface area contributed by atoms with Gasteiger partial charge in [-0.3, -0.25) is 4.79 Å². The Hall–Kier alpha value is -2.70. The van der Waals surface area contributed by atoms with Crippen LogP contribution in [0, 0.1) is 0 Å². The maximum absolute atomic E-state index is 13.2. The van der Waals surface area contributed by atoms with Gasteiger partial charge in [-0.05, 0) is 42.8 Å². The number of carbonyl (C=O) groups is 1. The van der Waals surface area contributed by atoms with Crippen molar-refractivity contribution in [3.63, 3.8) is 0 Å². The lowest BCUT2D eigenvalue weighted by Crippen LogP contribution is -2.27. The van der Waals surface area contributed by atoms with E-state index in [1.807, 2.05) is 0 Å². The molecule has 0 unspecified atom stereocenters. The number of hydrogen-bond donors (Lipinski definition) is 0. The molecule has 0 spiro atoms. The average molecular weight is 367 g/mol. The molecule has 0 aliphatic rings. The highest BCUT2D eigenvalue weighted by atomic mass is 19.4. The van der Waals surface area contributed by atoms with Crippen LogP contribution in [0.1, 0.15) is 22.8 Å². The number of rotatable bonds is 5. The van der Waals surface area contributed by atoms with Crippen molar-refractivity contribution in [3.8, 4) is 22.6 Å². The third kappa shape index (κ3) is 3.92. The fraction of sp³-hybridized carbons (Fsp3) is 0.316. The van der Waals surface area contributed by atoms with Gasteiger partial charge in [0.05, 0.1) is 19.8 Å². The van der Waals surface area contributed by atoms with E-state index in [2.05, 4.69) is 0 Å². The van der Waals surface area contributed by atoms with E-state index < -0.39 is 11.7 Å². The first-order chi connectivity index (χ1) is 12.2. The zero-order chi connectivity index (χ0) is 19.5. The third-order valence-electron chi connectivity index (χ3n) is 4.10. The summed E-state index contributed by atoms with van der Waals surface area (Å²) in [6.07, 6.45) is -4.52. The topological polar surface area (TPSA) is 38.8 Å². The van der Waals surface area contributed by atoms with Gasteiger partial charge in [0.2, 0.25) is 0 Å². The van der Waals surface area contributed by atoms with Gasteiger partial charge in [0.15, 0.2) is 0 Å². The maximum atomic E-state index is 13.2. The van der Waals surface area contributed by atoms with E-state index in [-0.39, 0.29) is 17.0 Å². The molecule has 2 aromatic carbocycles. The highest BCUT2D eigenvalue weighted by Gasteiger charge is 2.32. The molecule has 0 saturated carbocycles. The average Bonchev–Trinajstić information content (AvgIpc) is 2.64. The van der Waals surface area contributed by atoms with Gasteiger partial charge in [0.1, 0.15) is 11.5 Å². The van der Waals surface area contributed by atoms with Crippen molar-refractivity contribution in [2.75, 3.05) is 27.8 Å². The second-order valence-electron chi connectivity index (χ2n) is 5.64. The molecule has 0 aliphatic heterocycles. The molecular formula is C19H20F3NO3. The van der Waals surface area contributed by atoms with Gasteiger partial charge >= 0.3 is 6.18 Å². The molecule has 0 heterocycles. The minimum atomic E-state index is -4.52. The summed E-state index contributed by atoms with van der Waals surface area (Å²) in [5, 5.41) is 0. The van der Waals surface area contributed by atoms with Crippen LogP contribution in [-0.2, 0) is 6.18 Å². The zero-order valence-corrected chi connectivity index (χ0v) is 15.0.